The summed E-state index contributed by atoms with van der Waals surface area (Å²) in [6.07, 6.45) is 3.48. The molecule has 3 aromatic rings. The molecule has 0 atom stereocenters. The van der Waals surface area contributed by atoms with E-state index < -0.39 is 11.7 Å². The third kappa shape index (κ3) is 8.23. The molecule has 0 radical (unpaired) electrons. The Bertz CT molecular complexity index is 1080. The number of ether oxygens (including phenoxy) is 1. The molecule has 3 N–H and O–H groups in total. The van der Waals surface area contributed by atoms with E-state index in [2.05, 4.69) is 39.7 Å². The van der Waals surface area contributed by atoms with Gasteiger partial charge in [0.15, 0.2) is 0 Å². The lowest BCUT2D eigenvalue weighted by molar-refractivity contribution is 0.0523. The highest BCUT2D eigenvalue weighted by Gasteiger charge is 2.15. The van der Waals surface area contributed by atoms with Crippen molar-refractivity contribution in [1.82, 2.24) is 20.5 Å². The van der Waals surface area contributed by atoms with Gasteiger partial charge in [0, 0.05) is 42.3 Å². The Morgan fingerprint density at radius 2 is 1.71 bits per heavy atom. The van der Waals surface area contributed by atoms with Gasteiger partial charge in [-0.1, -0.05) is 24.3 Å². The van der Waals surface area contributed by atoms with Crippen molar-refractivity contribution in [3.63, 3.8) is 0 Å². The number of aromatic nitrogens is 1. The summed E-state index contributed by atoms with van der Waals surface area (Å²) >= 11 is 0. The molecule has 0 bridgehead atoms. The van der Waals surface area contributed by atoms with E-state index in [0.29, 0.717) is 18.7 Å². The SMILES string of the molecule is CN(CCCc1ccc(CNC(=O)OC(C)(C)C)cc1)CCNC(=O)c1ccc2[nH]ccc2c1. The molecule has 1 heterocycles. The van der Waals surface area contributed by atoms with Gasteiger partial charge in [0.2, 0.25) is 0 Å². The van der Waals surface area contributed by atoms with E-state index in [1.807, 2.05) is 63.4 Å². The molecule has 3 rings (SSSR count). The number of carbonyl (C=O) groups excluding carboxylic acids is 2. The maximum Gasteiger partial charge on any atom is 0.407 e. The van der Waals surface area contributed by atoms with Crippen LogP contribution in [0.3, 0.4) is 0 Å². The van der Waals surface area contributed by atoms with Crippen molar-refractivity contribution < 1.29 is 14.3 Å². The minimum Gasteiger partial charge on any atom is -0.444 e. The summed E-state index contributed by atoms with van der Waals surface area (Å²) in [6.45, 7) is 8.35. The van der Waals surface area contributed by atoms with Gasteiger partial charge in [-0.2, -0.15) is 0 Å². The highest BCUT2D eigenvalue weighted by molar-refractivity contribution is 5.98. The molecule has 0 fully saturated rings. The van der Waals surface area contributed by atoms with Gasteiger partial charge in [0.25, 0.3) is 5.91 Å². The highest BCUT2D eigenvalue weighted by Crippen LogP contribution is 2.14. The van der Waals surface area contributed by atoms with Crippen LogP contribution in [0.1, 0.15) is 48.7 Å². The fourth-order valence-corrected chi connectivity index (χ4v) is 3.63. The van der Waals surface area contributed by atoms with Crippen LogP contribution in [0.4, 0.5) is 4.79 Å². The lowest BCUT2D eigenvalue weighted by atomic mass is 10.1. The average Bonchev–Trinajstić information content (AvgIpc) is 3.25. The van der Waals surface area contributed by atoms with Gasteiger partial charge in [-0.25, -0.2) is 4.79 Å². The van der Waals surface area contributed by atoms with Gasteiger partial charge in [-0.15, -0.1) is 0 Å². The van der Waals surface area contributed by atoms with Crippen LogP contribution in [0.25, 0.3) is 10.9 Å². The van der Waals surface area contributed by atoms with E-state index in [9.17, 15) is 9.59 Å². The van der Waals surface area contributed by atoms with Crippen LogP contribution in [-0.4, -0.2) is 54.2 Å². The third-order valence-electron chi connectivity index (χ3n) is 5.46. The van der Waals surface area contributed by atoms with Crippen molar-refractivity contribution in [3.05, 3.63) is 71.4 Å². The second-order valence-electron chi connectivity index (χ2n) is 9.61. The normalized spacial score (nSPS) is 11.6. The Hall–Kier alpha value is -3.32. The molecule has 34 heavy (non-hydrogen) atoms. The van der Waals surface area contributed by atoms with Crippen LogP contribution in [-0.2, 0) is 17.7 Å². The number of amides is 2. The van der Waals surface area contributed by atoms with Crippen LogP contribution in [0.2, 0.25) is 0 Å². The summed E-state index contributed by atoms with van der Waals surface area (Å²) in [6, 6.07) is 15.9. The maximum absolute atomic E-state index is 12.4. The predicted octanol–water partition coefficient (Wildman–Crippen LogP) is 4.49. The minimum atomic E-state index is -0.496. The molecule has 0 aliphatic heterocycles. The molecule has 182 valence electrons. The fourth-order valence-electron chi connectivity index (χ4n) is 3.63. The molecular formula is C27H36N4O3. The monoisotopic (exact) mass is 464 g/mol. The first-order chi connectivity index (χ1) is 16.2. The molecule has 0 unspecified atom stereocenters. The molecule has 0 aliphatic carbocycles. The Kier molecular flexibility index (Phi) is 8.71. The largest absolute Gasteiger partial charge is 0.444 e. The third-order valence-corrected chi connectivity index (χ3v) is 5.46. The molecule has 0 aliphatic rings. The number of H-pyrrole nitrogens is 1. The standard InChI is InChI=1S/C27H36N4O3/c1-27(2,3)34-26(33)30-19-21-9-7-20(8-10-21)6-5-16-31(4)17-15-29-25(32)23-11-12-24-22(18-23)13-14-28-24/h7-14,18,28H,5-6,15-17,19H2,1-4H3,(H,29,32)(H,30,33). The zero-order valence-corrected chi connectivity index (χ0v) is 20.6. The van der Waals surface area contributed by atoms with Gasteiger partial charge in [0.1, 0.15) is 5.60 Å². The molecule has 0 saturated heterocycles. The first-order valence-electron chi connectivity index (χ1n) is 11.8. The Morgan fingerprint density at radius 1 is 0.971 bits per heavy atom. The average molecular weight is 465 g/mol. The minimum absolute atomic E-state index is 0.0438. The van der Waals surface area contributed by atoms with E-state index in [-0.39, 0.29) is 5.91 Å². The topological polar surface area (TPSA) is 86.5 Å². The number of alkyl carbamates (subject to hydrolysis) is 1. The molecular weight excluding hydrogens is 428 g/mol. The van der Waals surface area contributed by atoms with E-state index >= 15 is 0 Å². The molecule has 7 heteroatoms. The highest BCUT2D eigenvalue weighted by atomic mass is 16.6. The number of hydrogen-bond donors (Lipinski definition) is 3. The van der Waals surface area contributed by atoms with Crippen LogP contribution in [0, 0.1) is 0 Å². The lowest BCUT2D eigenvalue weighted by Gasteiger charge is -2.19. The number of likely N-dealkylation sites (N-methyl/N-ethyl adjacent to an activating group) is 1. The first-order valence-corrected chi connectivity index (χ1v) is 11.8. The van der Waals surface area contributed by atoms with Crippen LogP contribution < -0.4 is 10.6 Å². The summed E-state index contributed by atoms with van der Waals surface area (Å²) in [5, 5.41) is 6.82. The number of rotatable bonds is 10. The van der Waals surface area contributed by atoms with Crippen molar-refractivity contribution in [1.29, 1.82) is 0 Å². The molecule has 7 nitrogen and oxygen atoms in total. The number of benzene rings is 2. The number of carbonyl (C=O) groups is 2. The van der Waals surface area contributed by atoms with E-state index in [1.54, 1.807) is 0 Å². The van der Waals surface area contributed by atoms with Crippen molar-refractivity contribution in [3.8, 4) is 0 Å². The Labute approximate surface area is 201 Å². The van der Waals surface area contributed by atoms with Crippen molar-refractivity contribution >= 4 is 22.9 Å². The van der Waals surface area contributed by atoms with Crippen LogP contribution >= 0.6 is 0 Å². The second kappa shape index (κ2) is 11.7. The molecule has 0 spiro atoms. The zero-order valence-electron chi connectivity index (χ0n) is 20.6. The van der Waals surface area contributed by atoms with Crippen LogP contribution in [0.5, 0.6) is 0 Å². The smallest absolute Gasteiger partial charge is 0.407 e. The van der Waals surface area contributed by atoms with Crippen molar-refractivity contribution in [2.45, 2.75) is 45.8 Å². The molecule has 1 aromatic heterocycles. The number of aryl methyl sites for hydroxylation is 1. The number of nitrogens with zero attached hydrogens (tertiary/aromatic N) is 1. The van der Waals surface area contributed by atoms with E-state index in [4.69, 9.17) is 4.74 Å². The summed E-state index contributed by atoms with van der Waals surface area (Å²) in [7, 11) is 2.07. The van der Waals surface area contributed by atoms with Gasteiger partial charge in [0.05, 0.1) is 0 Å². The second-order valence-corrected chi connectivity index (χ2v) is 9.61. The van der Waals surface area contributed by atoms with Crippen molar-refractivity contribution in [2.75, 3.05) is 26.7 Å². The molecule has 2 amide bonds. The van der Waals surface area contributed by atoms with Gasteiger partial charge in [-0.3, -0.25) is 4.79 Å². The number of aromatic amines is 1. The number of nitrogens with one attached hydrogen (secondary N) is 3. The van der Waals surface area contributed by atoms with Crippen LogP contribution in [0.15, 0.2) is 54.7 Å². The van der Waals surface area contributed by atoms with Gasteiger partial charge < -0.3 is 25.3 Å². The van der Waals surface area contributed by atoms with Gasteiger partial charge in [-0.05, 0) is 82.6 Å². The predicted molar refractivity (Wildman–Crippen MR) is 136 cm³/mol. The summed E-state index contributed by atoms with van der Waals surface area (Å²) in [5.41, 5.74) is 3.52. The Morgan fingerprint density at radius 3 is 2.44 bits per heavy atom. The van der Waals surface area contributed by atoms with E-state index in [1.165, 1.54) is 5.56 Å². The first kappa shape index (κ1) is 25.3. The number of fused-ring (bicyclic) bond motifs is 1. The zero-order chi connectivity index (χ0) is 24.6. The molecule has 0 saturated carbocycles. The number of hydrogen-bond acceptors (Lipinski definition) is 4. The van der Waals surface area contributed by atoms with Crippen molar-refractivity contribution in [2.24, 2.45) is 0 Å². The lowest BCUT2D eigenvalue weighted by Crippen LogP contribution is -2.33. The fraction of sp³-hybridized carbons (Fsp3) is 0.407. The summed E-state index contributed by atoms with van der Waals surface area (Å²) in [5.74, 6) is -0.0438. The summed E-state index contributed by atoms with van der Waals surface area (Å²) in [4.78, 5) is 29.5. The maximum atomic E-state index is 12.4. The summed E-state index contributed by atoms with van der Waals surface area (Å²) < 4.78 is 5.26. The van der Waals surface area contributed by atoms with E-state index in [0.717, 1.165) is 42.4 Å². The molecule has 2 aromatic carbocycles. The van der Waals surface area contributed by atoms with Gasteiger partial charge >= 0.3 is 6.09 Å². The Balaban J connectivity index is 1.31. The quantitative estimate of drug-likeness (QED) is 0.413.